The molecule has 6 nitrogen and oxygen atoms in total. The summed E-state index contributed by atoms with van der Waals surface area (Å²) < 4.78 is 1.30. The van der Waals surface area contributed by atoms with Gasteiger partial charge in [-0.25, -0.2) is 0 Å². The van der Waals surface area contributed by atoms with Gasteiger partial charge in [-0.3, -0.25) is 14.4 Å². The molecule has 1 N–H and O–H groups in total. The van der Waals surface area contributed by atoms with Gasteiger partial charge in [0.1, 0.15) is 12.2 Å². The lowest BCUT2D eigenvalue weighted by Gasteiger charge is -2.25. The van der Waals surface area contributed by atoms with E-state index in [-0.39, 0.29) is 35.0 Å². The first-order valence-electron chi connectivity index (χ1n) is 8.96. The van der Waals surface area contributed by atoms with Crippen molar-refractivity contribution in [1.82, 2.24) is 9.47 Å². The van der Waals surface area contributed by atoms with Crippen molar-refractivity contribution >= 4 is 17.5 Å². The number of aromatic nitrogens is 1. The van der Waals surface area contributed by atoms with Crippen molar-refractivity contribution in [2.24, 2.45) is 0 Å². The number of carbonyl (C=O) groups is 2. The fraction of sp³-hybridized carbons (Fsp3) is 0.381. The van der Waals surface area contributed by atoms with Crippen molar-refractivity contribution in [3.8, 4) is 0 Å². The van der Waals surface area contributed by atoms with E-state index in [9.17, 15) is 14.4 Å². The number of carbonyl (C=O) groups excluding carboxylic acids is 2. The van der Waals surface area contributed by atoms with Gasteiger partial charge >= 0.3 is 0 Å². The second-order valence-electron chi connectivity index (χ2n) is 7.44. The highest BCUT2D eigenvalue weighted by Gasteiger charge is 2.21. The monoisotopic (exact) mass is 369 g/mol. The molecular weight excluding hydrogens is 342 g/mol. The van der Waals surface area contributed by atoms with Gasteiger partial charge in [0.05, 0.1) is 0 Å². The van der Waals surface area contributed by atoms with E-state index >= 15 is 0 Å². The number of hydrogen-bond donors (Lipinski definition) is 1. The van der Waals surface area contributed by atoms with Crippen LogP contribution < -0.4 is 10.9 Å². The highest BCUT2D eigenvalue weighted by Crippen LogP contribution is 2.28. The first-order chi connectivity index (χ1) is 12.7. The number of pyridine rings is 1. The van der Waals surface area contributed by atoms with Crippen LogP contribution in [0.4, 0.5) is 5.69 Å². The molecule has 1 heterocycles. The van der Waals surface area contributed by atoms with Crippen LogP contribution in [0, 0.1) is 0 Å². The molecule has 0 radical (unpaired) electrons. The first-order valence-corrected chi connectivity index (χ1v) is 8.96. The molecule has 2 rings (SSSR count). The van der Waals surface area contributed by atoms with Gasteiger partial charge in [0.15, 0.2) is 0 Å². The first kappa shape index (κ1) is 20.4. The minimum absolute atomic E-state index is 0.0589. The third kappa shape index (κ3) is 5.54. The van der Waals surface area contributed by atoms with Gasteiger partial charge in [-0.1, -0.05) is 44.2 Å². The number of amides is 2. The SMILES string of the molecule is CN(C)C(=O)Cn1cccc(NC(=O)CCC(C)(C)c2ccccc2)c1=O. The Bertz CT molecular complexity index is 854. The smallest absolute Gasteiger partial charge is 0.274 e. The van der Waals surface area contributed by atoms with Crippen LogP contribution in [0.15, 0.2) is 53.5 Å². The van der Waals surface area contributed by atoms with E-state index in [0.717, 1.165) is 0 Å². The van der Waals surface area contributed by atoms with Crippen LogP contribution >= 0.6 is 0 Å². The highest BCUT2D eigenvalue weighted by atomic mass is 16.2. The molecule has 144 valence electrons. The van der Waals surface area contributed by atoms with E-state index < -0.39 is 0 Å². The number of nitrogens with one attached hydrogen (secondary N) is 1. The Labute approximate surface area is 159 Å². The van der Waals surface area contributed by atoms with Crippen molar-refractivity contribution in [3.63, 3.8) is 0 Å². The molecule has 0 fully saturated rings. The largest absolute Gasteiger partial charge is 0.347 e. The van der Waals surface area contributed by atoms with E-state index in [1.807, 2.05) is 18.2 Å². The van der Waals surface area contributed by atoms with Crippen molar-refractivity contribution in [1.29, 1.82) is 0 Å². The topological polar surface area (TPSA) is 71.4 Å². The van der Waals surface area contributed by atoms with Crippen LogP contribution in [0.2, 0.25) is 0 Å². The summed E-state index contributed by atoms with van der Waals surface area (Å²) in [4.78, 5) is 38.1. The summed E-state index contributed by atoms with van der Waals surface area (Å²) in [7, 11) is 3.26. The van der Waals surface area contributed by atoms with Crippen LogP contribution in [0.3, 0.4) is 0 Å². The molecule has 0 aliphatic carbocycles. The van der Waals surface area contributed by atoms with Gasteiger partial charge < -0.3 is 14.8 Å². The Morgan fingerprint density at radius 3 is 2.37 bits per heavy atom. The third-order valence-corrected chi connectivity index (χ3v) is 4.63. The van der Waals surface area contributed by atoms with Crippen LogP contribution in [-0.2, 0) is 21.5 Å². The standard InChI is InChI=1S/C21H27N3O3/c1-21(2,16-9-6-5-7-10-16)13-12-18(25)22-17-11-8-14-24(20(17)27)15-19(26)23(3)4/h5-11,14H,12-13,15H2,1-4H3,(H,22,25). The molecule has 0 atom stereocenters. The number of nitrogens with zero attached hydrogens (tertiary/aromatic N) is 2. The Kier molecular flexibility index (Phi) is 6.55. The van der Waals surface area contributed by atoms with E-state index in [0.29, 0.717) is 12.8 Å². The van der Waals surface area contributed by atoms with E-state index in [1.165, 1.54) is 21.2 Å². The number of anilines is 1. The van der Waals surface area contributed by atoms with Gasteiger partial charge in [-0.2, -0.15) is 0 Å². The highest BCUT2D eigenvalue weighted by molar-refractivity contribution is 5.90. The lowest BCUT2D eigenvalue weighted by atomic mass is 9.80. The zero-order chi connectivity index (χ0) is 20.0. The molecule has 0 spiro atoms. The molecular formula is C21H27N3O3. The van der Waals surface area contributed by atoms with E-state index in [1.54, 1.807) is 26.2 Å². The fourth-order valence-corrected chi connectivity index (χ4v) is 2.72. The maximum atomic E-state index is 12.5. The summed E-state index contributed by atoms with van der Waals surface area (Å²) in [5.41, 5.74) is 0.824. The van der Waals surface area contributed by atoms with E-state index in [2.05, 4.69) is 31.3 Å². The minimum Gasteiger partial charge on any atom is -0.347 e. The summed E-state index contributed by atoms with van der Waals surface area (Å²) in [5, 5.41) is 2.68. The molecule has 0 saturated heterocycles. The molecule has 0 aliphatic rings. The second kappa shape index (κ2) is 8.66. The van der Waals surface area contributed by atoms with Crippen LogP contribution in [0.25, 0.3) is 0 Å². The van der Waals surface area contributed by atoms with Crippen molar-refractivity contribution in [2.45, 2.75) is 38.6 Å². The van der Waals surface area contributed by atoms with Crippen LogP contribution in [0.1, 0.15) is 32.3 Å². The molecule has 1 aromatic carbocycles. The normalized spacial score (nSPS) is 11.1. The van der Waals surface area contributed by atoms with Crippen LogP contribution in [0.5, 0.6) is 0 Å². The molecule has 27 heavy (non-hydrogen) atoms. The molecule has 6 heteroatoms. The zero-order valence-electron chi connectivity index (χ0n) is 16.4. The Morgan fingerprint density at radius 1 is 1.07 bits per heavy atom. The molecule has 0 unspecified atom stereocenters. The molecule has 0 aliphatic heterocycles. The van der Waals surface area contributed by atoms with Gasteiger partial charge in [-0.15, -0.1) is 0 Å². The summed E-state index contributed by atoms with van der Waals surface area (Å²) in [6.07, 6.45) is 2.49. The summed E-state index contributed by atoms with van der Waals surface area (Å²) in [5.74, 6) is -0.405. The Morgan fingerprint density at radius 2 is 1.74 bits per heavy atom. The maximum Gasteiger partial charge on any atom is 0.274 e. The van der Waals surface area contributed by atoms with Crippen molar-refractivity contribution < 1.29 is 9.59 Å². The summed E-state index contributed by atoms with van der Waals surface area (Å²) >= 11 is 0. The predicted molar refractivity (Wildman–Crippen MR) is 107 cm³/mol. The predicted octanol–water partition coefficient (Wildman–Crippen LogP) is 2.63. The molecule has 0 saturated carbocycles. The maximum absolute atomic E-state index is 12.5. The summed E-state index contributed by atoms with van der Waals surface area (Å²) in [6, 6.07) is 13.2. The van der Waals surface area contributed by atoms with Gasteiger partial charge in [-0.05, 0) is 29.5 Å². The van der Waals surface area contributed by atoms with E-state index in [4.69, 9.17) is 0 Å². The van der Waals surface area contributed by atoms with Crippen LogP contribution in [-0.4, -0.2) is 35.4 Å². The molecule has 1 aromatic heterocycles. The van der Waals surface area contributed by atoms with Crippen molar-refractivity contribution in [3.05, 3.63) is 64.6 Å². The Balaban J connectivity index is 2.02. The number of rotatable bonds is 7. The zero-order valence-corrected chi connectivity index (χ0v) is 16.4. The Hall–Kier alpha value is -2.89. The fourth-order valence-electron chi connectivity index (χ4n) is 2.72. The average Bonchev–Trinajstić information content (AvgIpc) is 2.64. The lowest BCUT2D eigenvalue weighted by molar-refractivity contribution is -0.129. The van der Waals surface area contributed by atoms with Crippen molar-refractivity contribution in [2.75, 3.05) is 19.4 Å². The minimum atomic E-state index is -0.386. The van der Waals surface area contributed by atoms with Gasteiger partial charge in [0, 0.05) is 26.7 Å². The quantitative estimate of drug-likeness (QED) is 0.815. The lowest BCUT2D eigenvalue weighted by Crippen LogP contribution is -2.32. The molecule has 2 aromatic rings. The average molecular weight is 369 g/mol. The third-order valence-electron chi connectivity index (χ3n) is 4.63. The number of hydrogen-bond acceptors (Lipinski definition) is 3. The second-order valence-corrected chi connectivity index (χ2v) is 7.44. The summed E-state index contributed by atoms with van der Waals surface area (Å²) in [6.45, 7) is 4.13. The van der Waals surface area contributed by atoms with Gasteiger partial charge in [0.2, 0.25) is 11.8 Å². The molecule has 0 bridgehead atoms. The van der Waals surface area contributed by atoms with Gasteiger partial charge in [0.25, 0.3) is 5.56 Å². The number of likely N-dealkylation sites (N-methyl/N-ethyl adjacent to an activating group) is 1. The molecule has 2 amide bonds. The number of benzene rings is 1.